The molecule has 1 aromatic rings. The number of hydrogen-bond donors (Lipinski definition) is 1. The van der Waals surface area contributed by atoms with Crippen molar-refractivity contribution in [2.24, 2.45) is 0 Å². The van der Waals surface area contributed by atoms with Crippen LogP contribution in [-0.2, 0) is 9.53 Å². The fourth-order valence-corrected chi connectivity index (χ4v) is 4.14. The molecular weight excluding hydrogens is 316 g/mol. The van der Waals surface area contributed by atoms with E-state index in [-0.39, 0.29) is 24.2 Å². The predicted octanol–water partition coefficient (Wildman–Crippen LogP) is 2.60. The average molecular weight is 346 g/mol. The van der Waals surface area contributed by atoms with E-state index in [0.29, 0.717) is 24.8 Å². The quantitative estimate of drug-likeness (QED) is 0.914. The lowest BCUT2D eigenvalue weighted by Gasteiger charge is -2.40. The summed E-state index contributed by atoms with van der Waals surface area (Å²) in [6.45, 7) is 9.36. The van der Waals surface area contributed by atoms with E-state index < -0.39 is 0 Å². The van der Waals surface area contributed by atoms with Crippen molar-refractivity contribution in [1.29, 1.82) is 0 Å². The third-order valence-corrected chi connectivity index (χ3v) is 5.53. The largest absolute Gasteiger partial charge is 0.508 e. The molecule has 2 aliphatic rings. The Kier molecular flexibility index (Phi) is 5.64. The van der Waals surface area contributed by atoms with E-state index in [1.807, 2.05) is 37.8 Å². The molecule has 2 saturated heterocycles. The van der Waals surface area contributed by atoms with Crippen LogP contribution in [0.1, 0.15) is 45.1 Å². The second-order valence-electron chi connectivity index (χ2n) is 7.58. The van der Waals surface area contributed by atoms with Crippen LogP contribution in [0.5, 0.6) is 5.75 Å². The third-order valence-electron chi connectivity index (χ3n) is 5.53. The number of phenols is 1. The molecule has 0 spiro atoms. The van der Waals surface area contributed by atoms with Crippen LogP contribution >= 0.6 is 0 Å². The molecule has 25 heavy (non-hydrogen) atoms. The number of likely N-dealkylation sites (tertiary alicyclic amines) is 1. The van der Waals surface area contributed by atoms with Crippen molar-refractivity contribution in [2.45, 2.75) is 57.8 Å². The zero-order chi connectivity index (χ0) is 18.0. The summed E-state index contributed by atoms with van der Waals surface area (Å²) < 4.78 is 5.74. The van der Waals surface area contributed by atoms with Gasteiger partial charge >= 0.3 is 0 Å². The number of hydrogen-bond acceptors (Lipinski definition) is 4. The zero-order valence-electron chi connectivity index (χ0n) is 15.5. The molecule has 0 bridgehead atoms. The van der Waals surface area contributed by atoms with Crippen LogP contribution in [-0.4, -0.2) is 65.2 Å². The number of nitrogens with zero attached hydrogens (tertiary/aromatic N) is 2. The van der Waals surface area contributed by atoms with Crippen LogP contribution in [0.25, 0.3) is 0 Å². The Labute approximate surface area is 150 Å². The number of phenolic OH excluding ortho intramolecular Hbond substituents is 1. The molecule has 1 N–H and O–H groups in total. The minimum atomic E-state index is -0.0710. The second-order valence-corrected chi connectivity index (χ2v) is 7.58. The van der Waals surface area contributed by atoms with Crippen molar-refractivity contribution in [3.63, 3.8) is 0 Å². The molecule has 1 aromatic carbocycles. The number of ether oxygens (including phenoxy) is 1. The SMILES string of the molecule is C[C@@H]1CN(C(=O)[C@H](C)N2CCC(c3ccc(O)cc3)CC2)C[C@@H](C)O1. The Morgan fingerprint density at radius 2 is 1.68 bits per heavy atom. The molecule has 138 valence electrons. The molecule has 2 heterocycles. The average Bonchev–Trinajstić information content (AvgIpc) is 2.60. The molecule has 1 amide bonds. The van der Waals surface area contributed by atoms with Gasteiger partial charge in [-0.05, 0) is 70.3 Å². The van der Waals surface area contributed by atoms with Crippen molar-refractivity contribution >= 4 is 5.91 Å². The lowest BCUT2D eigenvalue weighted by molar-refractivity contribution is -0.148. The van der Waals surface area contributed by atoms with Crippen LogP contribution in [0.4, 0.5) is 0 Å². The summed E-state index contributed by atoms with van der Waals surface area (Å²) in [7, 11) is 0. The summed E-state index contributed by atoms with van der Waals surface area (Å²) in [5.74, 6) is 1.06. The maximum atomic E-state index is 12.9. The smallest absolute Gasteiger partial charge is 0.239 e. The normalized spacial score (nSPS) is 27.2. The highest BCUT2D eigenvalue weighted by Crippen LogP contribution is 2.30. The number of aromatic hydroxyl groups is 1. The fraction of sp³-hybridized carbons (Fsp3) is 0.650. The lowest BCUT2D eigenvalue weighted by atomic mass is 9.89. The molecule has 0 unspecified atom stereocenters. The summed E-state index contributed by atoms with van der Waals surface area (Å²) in [5.41, 5.74) is 1.28. The van der Waals surface area contributed by atoms with Gasteiger partial charge in [-0.1, -0.05) is 12.1 Å². The van der Waals surface area contributed by atoms with Crippen molar-refractivity contribution in [3.05, 3.63) is 29.8 Å². The highest BCUT2D eigenvalue weighted by molar-refractivity contribution is 5.81. The number of carbonyl (C=O) groups excluding carboxylic acids is 1. The van der Waals surface area contributed by atoms with Gasteiger partial charge in [0.2, 0.25) is 5.91 Å². The molecule has 3 atom stereocenters. The summed E-state index contributed by atoms with van der Waals surface area (Å²) in [4.78, 5) is 17.2. The Balaban J connectivity index is 1.55. The number of rotatable bonds is 3. The first-order chi connectivity index (χ1) is 11.9. The molecule has 0 aliphatic carbocycles. The maximum Gasteiger partial charge on any atom is 0.239 e. The summed E-state index contributed by atoms with van der Waals surface area (Å²) >= 11 is 0. The van der Waals surface area contributed by atoms with E-state index >= 15 is 0 Å². The molecule has 5 heteroatoms. The number of amides is 1. The standard InChI is InChI=1S/C20H30N2O3/c1-14-12-22(13-15(2)25-14)20(24)16(3)21-10-8-18(9-11-21)17-4-6-19(23)7-5-17/h4-7,14-16,18,23H,8-13H2,1-3H3/t14-,15-,16+/m1/s1. The van der Waals surface area contributed by atoms with Gasteiger partial charge in [0, 0.05) is 13.1 Å². The first kappa shape index (κ1) is 18.2. The number of morpholine rings is 1. The van der Waals surface area contributed by atoms with Crippen LogP contribution < -0.4 is 0 Å². The van der Waals surface area contributed by atoms with Gasteiger partial charge in [-0.3, -0.25) is 9.69 Å². The van der Waals surface area contributed by atoms with Crippen molar-refractivity contribution < 1.29 is 14.6 Å². The van der Waals surface area contributed by atoms with Crippen molar-refractivity contribution in [1.82, 2.24) is 9.80 Å². The van der Waals surface area contributed by atoms with E-state index in [9.17, 15) is 9.90 Å². The molecule has 2 aliphatic heterocycles. The highest BCUT2D eigenvalue weighted by Gasteiger charge is 2.33. The molecule has 0 aromatic heterocycles. The minimum Gasteiger partial charge on any atom is -0.508 e. The van der Waals surface area contributed by atoms with Gasteiger partial charge < -0.3 is 14.7 Å². The number of carbonyl (C=O) groups is 1. The summed E-state index contributed by atoms with van der Waals surface area (Å²) in [5, 5.41) is 9.43. The van der Waals surface area contributed by atoms with Crippen molar-refractivity contribution in [2.75, 3.05) is 26.2 Å². The third kappa shape index (κ3) is 4.33. The Bertz CT molecular complexity index is 571. The van der Waals surface area contributed by atoms with Gasteiger partial charge in [-0.25, -0.2) is 0 Å². The van der Waals surface area contributed by atoms with E-state index in [4.69, 9.17) is 4.74 Å². The maximum absolute atomic E-state index is 12.9. The van der Waals surface area contributed by atoms with E-state index in [1.54, 1.807) is 12.1 Å². The first-order valence-electron chi connectivity index (χ1n) is 9.41. The van der Waals surface area contributed by atoms with Gasteiger partial charge in [0.15, 0.2) is 0 Å². The Morgan fingerprint density at radius 1 is 1.12 bits per heavy atom. The highest BCUT2D eigenvalue weighted by atomic mass is 16.5. The van der Waals surface area contributed by atoms with Gasteiger partial charge in [0.25, 0.3) is 0 Å². The molecule has 0 radical (unpaired) electrons. The lowest BCUT2D eigenvalue weighted by Crippen LogP contribution is -2.55. The van der Waals surface area contributed by atoms with Crippen LogP contribution in [0, 0.1) is 0 Å². The molecule has 5 nitrogen and oxygen atoms in total. The van der Waals surface area contributed by atoms with Crippen LogP contribution in [0.15, 0.2) is 24.3 Å². The monoisotopic (exact) mass is 346 g/mol. The van der Waals surface area contributed by atoms with Gasteiger partial charge in [0.1, 0.15) is 5.75 Å². The number of benzene rings is 1. The zero-order valence-corrected chi connectivity index (χ0v) is 15.5. The van der Waals surface area contributed by atoms with Crippen LogP contribution in [0.2, 0.25) is 0 Å². The second kappa shape index (κ2) is 7.75. The van der Waals surface area contributed by atoms with Gasteiger partial charge in [-0.15, -0.1) is 0 Å². The number of piperidine rings is 1. The fourth-order valence-electron chi connectivity index (χ4n) is 4.14. The Morgan fingerprint density at radius 3 is 2.24 bits per heavy atom. The van der Waals surface area contributed by atoms with E-state index in [1.165, 1.54) is 5.56 Å². The molecule has 2 fully saturated rings. The van der Waals surface area contributed by atoms with E-state index in [2.05, 4.69) is 4.90 Å². The predicted molar refractivity (Wildman–Crippen MR) is 97.7 cm³/mol. The Hall–Kier alpha value is -1.59. The van der Waals surface area contributed by atoms with Gasteiger partial charge in [0.05, 0.1) is 18.2 Å². The van der Waals surface area contributed by atoms with Crippen molar-refractivity contribution in [3.8, 4) is 5.75 Å². The topological polar surface area (TPSA) is 53.0 Å². The minimum absolute atomic E-state index is 0.0710. The van der Waals surface area contributed by atoms with E-state index in [0.717, 1.165) is 25.9 Å². The molecule has 0 saturated carbocycles. The first-order valence-corrected chi connectivity index (χ1v) is 9.41. The van der Waals surface area contributed by atoms with Crippen LogP contribution in [0.3, 0.4) is 0 Å². The van der Waals surface area contributed by atoms with Gasteiger partial charge in [-0.2, -0.15) is 0 Å². The molecular formula is C20H30N2O3. The summed E-state index contributed by atoms with van der Waals surface area (Å²) in [6, 6.07) is 7.48. The molecule has 3 rings (SSSR count). The summed E-state index contributed by atoms with van der Waals surface area (Å²) in [6.07, 6.45) is 2.33.